The Morgan fingerprint density at radius 1 is 0.750 bits per heavy atom. The minimum atomic E-state index is -2.74. The minimum absolute atomic E-state index is 0.762. The molecule has 0 aromatic heterocycles. The zero-order chi connectivity index (χ0) is 15.7. The van der Waals surface area contributed by atoms with Crippen molar-refractivity contribution in [1.82, 2.24) is 0 Å². The molecule has 0 aromatic carbocycles. The van der Waals surface area contributed by atoms with E-state index >= 15 is 0 Å². The molecule has 0 bridgehead atoms. The summed E-state index contributed by atoms with van der Waals surface area (Å²) in [6.45, 7) is 21.8. The van der Waals surface area contributed by atoms with Crippen LogP contribution in [0.4, 0.5) is 0 Å². The van der Waals surface area contributed by atoms with Crippen LogP contribution in [0, 0.1) is 0 Å². The molecule has 0 saturated carbocycles. The molecule has 0 aliphatic carbocycles. The van der Waals surface area contributed by atoms with E-state index in [0.717, 1.165) is 6.04 Å². The fraction of sp³-hybridized carbons (Fsp3) is 0.500. The molecule has 1 fully saturated rings. The first kappa shape index (κ1) is 18.0. The lowest BCUT2D eigenvalue weighted by molar-refractivity contribution is 0.244. The van der Waals surface area contributed by atoms with E-state index in [-0.39, 0.29) is 0 Å². The fourth-order valence-corrected chi connectivity index (χ4v) is 21.4. The van der Waals surface area contributed by atoms with Gasteiger partial charge in [0.15, 0.2) is 0 Å². The van der Waals surface area contributed by atoms with Crippen LogP contribution in [0.2, 0.25) is 32.2 Å². The van der Waals surface area contributed by atoms with Gasteiger partial charge in [-0.2, -0.15) is 0 Å². The molecule has 0 amide bonds. The number of hydrogen-bond donors (Lipinski definition) is 0. The van der Waals surface area contributed by atoms with Gasteiger partial charge in [-0.25, -0.2) is 0 Å². The van der Waals surface area contributed by atoms with E-state index < -0.39 is 34.2 Å². The average Bonchev–Trinajstić information content (AvgIpc) is 2.33. The topological polar surface area (TPSA) is 36.9 Å². The largest absolute Gasteiger partial charge is 0.416 e. The Bertz CT molecular complexity index is 402. The highest BCUT2D eigenvalue weighted by molar-refractivity contribution is 6.97. The summed E-state index contributed by atoms with van der Waals surface area (Å²) in [5, 5.41) is 0. The monoisotopic (exact) mass is 346 g/mol. The van der Waals surface area contributed by atoms with Crippen LogP contribution in [-0.4, -0.2) is 34.2 Å². The van der Waals surface area contributed by atoms with Gasteiger partial charge >= 0.3 is 34.2 Å². The minimum Gasteiger partial charge on any atom is -0.416 e. The van der Waals surface area contributed by atoms with Crippen molar-refractivity contribution < 1.29 is 16.5 Å². The van der Waals surface area contributed by atoms with Gasteiger partial charge in [0, 0.05) is 0 Å². The molecule has 0 aromatic rings. The van der Waals surface area contributed by atoms with Crippen molar-refractivity contribution >= 4 is 34.2 Å². The van der Waals surface area contributed by atoms with Crippen LogP contribution in [0.25, 0.3) is 0 Å². The summed E-state index contributed by atoms with van der Waals surface area (Å²) >= 11 is 0. The van der Waals surface area contributed by atoms with E-state index in [4.69, 9.17) is 16.5 Å². The van der Waals surface area contributed by atoms with Crippen molar-refractivity contribution in [3.05, 3.63) is 36.8 Å². The van der Waals surface area contributed by atoms with Gasteiger partial charge in [-0.1, -0.05) is 12.6 Å². The van der Waals surface area contributed by atoms with Crippen LogP contribution in [-0.2, 0) is 16.5 Å². The first-order valence-corrected chi connectivity index (χ1v) is 16.5. The second kappa shape index (κ2) is 5.97. The third-order valence-corrected chi connectivity index (χ3v) is 18.9. The molecule has 8 heteroatoms. The number of hydrogen-bond acceptors (Lipinski definition) is 4. The van der Waals surface area contributed by atoms with Crippen molar-refractivity contribution in [1.29, 1.82) is 0 Å². The highest BCUT2D eigenvalue weighted by Gasteiger charge is 2.54. The highest BCUT2D eigenvalue weighted by Crippen LogP contribution is 2.33. The molecular formula is C12H26O4Si4. The van der Waals surface area contributed by atoms with Crippen molar-refractivity contribution in [2.45, 2.75) is 39.2 Å². The molecule has 0 radical (unpaired) electrons. The molecule has 20 heavy (non-hydrogen) atoms. The van der Waals surface area contributed by atoms with Crippen LogP contribution in [0.5, 0.6) is 0 Å². The van der Waals surface area contributed by atoms with Gasteiger partial charge in [0.25, 0.3) is 0 Å². The van der Waals surface area contributed by atoms with Crippen LogP contribution >= 0.6 is 0 Å². The van der Waals surface area contributed by atoms with E-state index in [1.165, 1.54) is 0 Å². The molecule has 1 saturated heterocycles. The first-order chi connectivity index (χ1) is 9.07. The normalized spacial score (nSPS) is 31.6. The second-order valence-electron chi connectivity index (χ2n) is 5.71. The fourth-order valence-electron chi connectivity index (χ4n) is 2.37. The standard InChI is InChI=1S/C12H26O4Si4/c1-9-19(10-2)14-17(5,6)13-18(7,8)15-20(11-3,12-4)16-19/h9-11H,1-3,12H2,4-8H3. The molecule has 1 atom stereocenters. The molecule has 1 heterocycles. The molecular weight excluding hydrogens is 320 g/mol. The molecule has 1 unspecified atom stereocenters. The third-order valence-electron chi connectivity index (χ3n) is 3.02. The molecule has 1 rings (SSSR count). The summed E-state index contributed by atoms with van der Waals surface area (Å²) < 4.78 is 25.3. The van der Waals surface area contributed by atoms with E-state index in [1.807, 2.05) is 38.8 Å². The summed E-state index contributed by atoms with van der Waals surface area (Å²) in [7, 11) is -9.98. The maximum atomic E-state index is 6.40. The summed E-state index contributed by atoms with van der Waals surface area (Å²) in [5.74, 6) is 0. The Morgan fingerprint density at radius 3 is 1.65 bits per heavy atom. The van der Waals surface area contributed by atoms with Gasteiger partial charge in [0.05, 0.1) is 0 Å². The SMILES string of the molecule is C=C[Si]1(C=C)O[Si](C)(C)O[Si](C)(C)O[Si](C=C)(CC)O1. The van der Waals surface area contributed by atoms with Gasteiger partial charge in [-0.05, 0) is 43.6 Å². The van der Waals surface area contributed by atoms with Gasteiger partial charge in [0.2, 0.25) is 0 Å². The predicted molar refractivity (Wildman–Crippen MR) is 91.9 cm³/mol. The zero-order valence-electron chi connectivity index (χ0n) is 13.2. The molecule has 4 nitrogen and oxygen atoms in total. The molecule has 1 aliphatic heterocycles. The molecule has 0 spiro atoms. The first-order valence-electron chi connectivity index (χ1n) is 6.78. The van der Waals surface area contributed by atoms with Crippen molar-refractivity contribution in [2.75, 3.05) is 0 Å². The Morgan fingerprint density at radius 2 is 1.25 bits per heavy atom. The summed E-state index contributed by atoms with van der Waals surface area (Å²) in [4.78, 5) is 0. The van der Waals surface area contributed by atoms with Gasteiger partial charge in [-0.15, -0.1) is 19.7 Å². The van der Waals surface area contributed by atoms with Crippen LogP contribution < -0.4 is 0 Å². The number of rotatable bonds is 4. The molecule has 1 aliphatic rings. The molecule has 114 valence electrons. The van der Waals surface area contributed by atoms with E-state index in [0.29, 0.717) is 0 Å². The lowest BCUT2D eigenvalue weighted by atomic mass is 11.0. The van der Waals surface area contributed by atoms with E-state index in [9.17, 15) is 0 Å². The zero-order valence-corrected chi connectivity index (χ0v) is 17.2. The summed E-state index contributed by atoms with van der Waals surface area (Å²) in [6.07, 6.45) is 0. The Labute approximate surface area is 127 Å². The lowest BCUT2D eigenvalue weighted by Crippen LogP contribution is -2.66. The van der Waals surface area contributed by atoms with Crippen LogP contribution in [0.15, 0.2) is 36.8 Å². The average molecular weight is 347 g/mol. The van der Waals surface area contributed by atoms with Crippen LogP contribution in [0.3, 0.4) is 0 Å². The lowest BCUT2D eigenvalue weighted by Gasteiger charge is -2.47. The van der Waals surface area contributed by atoms with Gasteiger partial charge in [-0.3, -0.25) is 0 Å². The Balaban J connectivity index is 3.32. The van der Waals surface area contributed by atoms with Crippen molar-refractivity contribution in [3.63, 3.8) is 0 Å². The van der Waals surface area contributed by atoms with Crippen LogP contribution in [0.1, 0.15) is 6.92 Å². The summed E-state index contributed by atoms with van der Waals surface area (Å²) in [6, 6.07) is 0.762. The van der Waals surface area contributed by atoms with Gasteiger partial charge < -0.3 is 16.5 Å². The van der Waals surface area contributed by atoms with E-state index in [1.54, 1.807) is 11.4 Å². The maximum Gasteiger partial charge on any atom is 0.373 e. The van der Waals surface area contributed by atoms with Crippen molar-refractivity contribution in [2.24, 2.45) is 0 Å². The predicted octanol–water partition coefficient (Wildman–Crippen LogP) is 3.55. The highest BCUT2D eigenvalue weighted by atomic mass is 28.5. The van der Waals surface area contributed by atoms with E-state index in [2.05, 4.69) is 19.7 Å². The maximum absolute atomic E-state index is 6.40. The Hall–Kier alpha value is -0.0725. The van der Waals surface area contributed by atoms with Crippen molar-refractivity contribution in [3.8, 4) is 0 Å². The quantitative estimate of drug-likeness (QED) is 0.730. The summed E-state index contributed by atoms with van der Waals surface area (Å²) in [5.41, 5.74) is 5.33. The third kappa shape index (κ3) is 3.98. The second-order valence-corrected chi connectivity index (χ2v) is 19.6. The molecule has 0 N–H and O–H groups in total. The smallest absolute Gasteiger partial charge is 0.373 e. The van der Waals surface area contributed by atoms with Gasteiger partial charge in [0.1, 0.15) is 0 Å². The Kier molecular flexibility index (Phi) is 5.36.